The Kier molecular flexibility index (Phi) is 6.75. The second-order valence-electron chi connectivity index (χ2n) is 18.3. The highest BCUT2D eigenvalue weighted by molar-refractivity contribution is 5.95. The van der Waals surface area contributed by atoms with Gasteiger partial charge in [0.25, 0.3) is 0 Å². The molecule has 0 saturated heterocycles. The molecular formula is C38H60N2O2. The summed E-state index contributed by atoms with van der Waals surface area (Å²) in [6, 6.07) is 0. The van der Waals surface area contributed by atoms with Crippen LogP contribution in [0, 0.1) is 69.0 Å². The average Bonchev–Trinajstić information content (AvgIpc) is 3.48. The lowest BCUT2D eigenvalue weighted by atomic mass is 9.45. The third-order valence-electron chi connectivity index (χ3n) is 17.0. The van der Waals surface area contributed by atoms with Crippen molar-refractivity contribution in [1.82, 2.24) is 0 Å². The standard InChI is InChI=1S/C38H60N2O2/c1-35-17-13-25(41)21-23(35)5-7-27-29-9-11-33(37(29,3)19-15-31(27)35)39-40-34-12-10-30-28-8-6-24-22-26(42)14-18-36(24,2)32(28)16-20-38(30,34)4/h23-32,41-42H,5-22H2,1-4H3/b39-33-,40-34+/t23-,24-,25-,26-,27+,28-,29-,30+,31+,32-,35+,36+,37+,38+/m1/s1. The van der Waals surface area contributed by atoms with Gasteiger partial charge in [-0.25, -0.2) is 0 Å². The minimum Gasteiger partial charge on any atom is -0.393 e. The minimum absolute atomic E-state index is 0.0516. The molecular weight excluding hydrogens is 516 g/mol. The van der Waals surface area contributed by atoms with Crippen LogP contribution in [-0.4, -0.2) is 33.8 Å². The van der Waals surface area contributed by atoms with Gasteiger partial charge >= 0.3 is 0 Å². The van der Waals surface area contributed by atoms with E-state index in [4.69, 9.17) is 10.2 Å². The van der Waals surface area contributed by atoms with Crippen LogP contribution in [0.25, 0.3) is 0 Å². The molecule has 0 radical (unpaired) electrons. The van der Waals surface area contributed by atoms with Gasteiger partial charge in [0.05, 0.1) is 12.2 Å². The zero-order chi connectivity index (χ0) is 29.1. The summed E-state index contributed by atoms with van der Waals surface area (Å²) in [4.78, 5) is 0. The molecule has 14 atom stereocenters. The molecule has 0 aromatic rings. The van der Waals surface area contributed by atoms with Crippen molar-refractivity contribution < 1.29 is 10.2 Å². The molecule has 0 amide bonds. The fourth-order valence-corrected chi connectivity index (χ4v) is 14.5. The number of nitrogens with zero attached hydrogens (tertiary/aromatic N) is 2. The van der Waals surface area contributed by atoms with Crippen LogP contribution in [0.3, 0.4) is 0 Å². The van der Waals surface area contributed by atoms with E-state index in [1.165, 1.54) is 88.5 Å². The van der Waals surface area contributed by atoms with E-state index in [1.54, 1.807) is 0 Å². The maximum atomic E-state index is 10.4. The van der Waals surface area contributed by atoms with Crippen molar-refractivity contribution in [3.63, 3.8) is 0 Å². The van der Waals surface area contributed by atoms with Crippen LogP contribution in [-0.2, 0) is 0 Å². The Balaban J connectivity index is 1.00. The van der Waals surface area contributed by atoms with Crippen LogP contribution in [0.1, 0.15) is 143 Å². The van der Waals surface area contributed by atoms with Gasteiger partial charge in [0.1, 0.15) is 0 Å². The first-order chi connectivity index (χ1) is 20.1. The van der Waals surface area contributed by atoms with Gasteiger partial charge in [0.2, 0.25) is 0 Å². The van der Waals surface area contributed by atoms with Gasteiger partial charge in [-0.3, -0.25) is 0 Å². The highest BCUT2D eigenvalue weighted by Gasteiger charge is 2.61. The van der Waals surface area contributed by atoms with Gasteiger partial charge < -0.3 is 10.2 Å². The molecule has 0 bridgehead atoms. The fraction of sp³-hybridized carbons (Fsp3) is 0.947. The number of fused-ring (bicyclic) bond motifs is 10. The summed E-state index contributed by atoms with van der Waals surface area (Å²) in [6.07, 6.45) is 22.2. The largest absolute Gasteiger partial charge is 0.393 e. The quantitative estimate of drug-likeness (QED) is 0.307. The Hall–Kier alpha value is -0.740. The van der Waals surface area contributed by atoms with E-state index in [-0.39, 0.29) is 23.0 Å². The molecule has 42 heavy (non-hydrogen) atoms. The number of hydrogen-bond donors (Lipinski definition) is 2. The maximum absolute atomic E-state index is 10.4. The first kappa shape index (κ1) is 28.7. The number of rotatable bonds is 1. The van der Waals surface area contributed by atoms with E-state index in [9.17, 15) is 10.2 Å². The lowest BCUT2D eigenvalue weighted by molar-refractivity contribution is -0.114. The molecule has 8 aliphatic carbocycles. The van der Waals surface area contributed by atoms with E-state index in [2.05, 4.69) is 27.7 Å². The van der Waals surface area contributed by atoms with E-state index >= 15 is 0 Å². The van der Waals surface area contributed by atoms with E-state index in [0.29, 0.717) is 10.8 Å². The lowest BCUT2D eigenvalue weighted by Crippen LogP contribution is -2.54. The molecule has 8 saturated carbocycles. The van der Waals surface area contributed by atoms with Crippen LogP contribution in [0.4, 0.5) is 0 Å². The number of aliphatic hydroxyl groups excluding tert-OH is 2. The molecule has 4 nitrogen and oxygen atoms in total. The summed E-state index contributed by atoms with van der Waals surface area (Å²) < 4.78 is 0. The predicted molar refractivity (Wildman–Crippen MR) is 170 cm³/mol. The molecule has 2 N–H and O–H groups in total. The molecule has 0 aromatic heterocycles. The normalized spacial score (nSPS) is 58.9. The molecule has 234 valence electrons. The zero-order valence-corrected chi connectivity index (χ0v) is 27.3. The van der Waals surface area contributed by atoms with Crippen LogP contribution < -0.4 is 0 Å². The van der Waals surface area contributed by atoms with E-state index < -0.39 is 0 Å². The second-order valence-corrected chi connectivity index (χ2v) is 18.3. The summed E-state index contributed by atoms with van der Waals surface area (Å²) >= 11 is 0. The van der Waals surface area contributed by atoms with Crippen molar-refractivity contribution >= 4 is 11.4 Å². The van der Waals surface area contributed by atoms with E-state index in [0.717, 1.165) is 85.9 Å². The van der Waals surface area contributed by atoms with E-state index in [1.807, 2.05) is 0 Å². The Morgan fingerprint density at radius 1 is 0.500 bits per heavy atom. The number of hydrogen-bond acceptors (Lipinski definition) is 4. The molecule has 0 aliphatic heterocycles. The van der Waals surface area contributed by atoms with Crippen molar-refractivity contribution in [3.05, 3.63) is 0 Å². The monoisotopic (exact) mass is 576 g/mol. The average molecular weight is 577 g/mol. The van der Waals surface area contributed by atoms with Crippen molar-refractivity contribution in [2.45, 2.75) is 155 Å². The molecule has 0 heterocycles. The lowest BCUT2D eigenvalue weighted by Gasteiger charge is -2.60. The van der Waals surface area contributed by atoms with Gasteiger partial charge in [0.15, 0.2) is 0 Å². The van der Waals surface area contributed by atoms with Crippen molar-refractivity contribution in [1.29, 1.82) is 0 Å². The Morgan fingerprint density at radius 2 is 0.929 bits per heavy atom. The third-order valence-corrected chi connectivity index (χ3v) is 17.0. The van der Waals surface area contributed by atoms with Crippen molar-refractivity contribution in [3.8, 4) is 0 Å². The highest BCUT2D eigenvalue weighted by Crippen LogP contribution is 2.67. The summed E-state index contributed by atoms with van der Waals surface area (Å²) in [5.74, 6) is 6.44. The minimum atomic E-state index is -0.0516. The fourth-order valence-electron chi connectivity index (χ4n) is 14.5. The smallest absolute Gasteiger partial charge is 0.0543 e. The summed E-state index contributed by atoms with van der Waals surface area (Å²) in [7, 11) is 0. The highest BCUT2D eigenvalue weighted by atomic mass is 16.3. The molecule has 0 aromatic carbocycles. The van der Waals surface area contributed by atoms with Crippen LogP contribution in [0.5, 0.6) is 0 Å². The van der Waals surface area contributed by atoms with Crippen LogP contribution >= 0.6 is 0 Å². The Labute approximate surface area is 256 Å². The predicted octanol–water partition coefficient (Wildman–Crippen LogP) is 8.59. The molecule has 0 unspecified atom stereocenters. The SMILES string of the molecule is C[C@]12CC[C@@H](O)C[C@H]1CC[C@H]1[C@H]2CC[C@]2(C)/C(=N/N=C3/CC[C@@H]4[C@@H]5CC[C@@H]6C[C@H](O)CC[C@]6(C)[C@H]5CC[C@]34C)CC[C@@H]12. The molecule has 4 heteroatoms. The van der Waals surface area contributed by atoms with Gasteiger partial charge in [-0.15, -0.1) is 0 Å². The maximum Gasteiger partial charge on any atom is 0.0543 e. The Morgan fingerprint density at radius 3 is 1.36 bits per heavy atom. The Bertz CT molecular complexity index is 1060. The van der Waals surface area contributed by atoms with Gasteiger partial charge in [-0.1, -0.05) is 27.7 Å². The first-order valence-electron chi connectivity index (χ1n) is 18.6. The number of aliphatic hydroxyl groups is 2. The second kappa shape index (κ2) is 9.88. The third kappa shape index (κ3) is 3.97. The van der Waals surface area contributed by atoms with Crippen LogP contribution in [0.15, 0.2) is 10.2 Å². The first-order valence-corrected chi connectivity index (χ1v) is 18.6. The summed E-state index contributed by atoms with van der Waals surface area (Å²) in [6.45, 7) is 10.4. The molecule has 8 fully saturated rings. The van der Waals surface area contributed by atoms with Crippen LogP contribution in [0.2, 0.25) is 0 Å². The van der Waals surface area contributed by atoms with Crippen molar-refractivity contribution in [2.75, 3.05) is 0 Å². The summed E-state index contributed by atoms with van der Waals surface area (Å²) in [5.41, 5.74) is 4.28. The van der Waals surface area contributed by atoms with Gasteiger partial charge in [0, 0.05) is 22.3 Å². The molecule has 0 spiro atoms. The summed E-state index contributed by atoms with van der Waals surface area (Å²) in [5, 5.41) is 31.4. The van der Waals surface area contributed by atoms with Gasteiger partial charge in [-0.2, -0.15) is 10.2 Å². The zero-order valence-electron chi connectivity index (χ0n) is 27.3. The molecule has 8 aliphatic rings. The van der Waals surface area contributed by atoms with Crippen molar-refractivity contribution in [2.24, 2.45) is 79.2 Å². The molecule has 8 rings (SSSR count). The topological polar surface area (TPSA) is 65.2 Å². The van der Waals surface area contributed by atoms with Gasteiger partial charge in [-0.05, 0) is 174 Å².